The summed E-state index contributed by atoms with van der Waals surface area (Å²) in [6.45, 7) is 4.81. The molecule has 1 aromatic carbocycles. The summed E-state index contributed by atoms with van der Waals surface area (Å²) < 4.78 is 35.6. The quantitative estimate of drug-likeness (QED) is 0.591. The van der Waals surface area contributed by atoms with Crippen LogP contribution in [0.25, 0.3) is 0 Å². The standard InChI is InChI=1S/C20H30F2N4O4/c1-4-25(11-13(2)3)16(10-23)19(28)24-14-5-6-15(17(9-14)30-20(21)22)26-7-8-29-12-18(26)27/h5-6,9,13,16,20H,4,7-8,10-12,23H2,1-3H3,(H,24,28)/t16-/m0/s1. The van der Waals surface area contributed by atoms with Gasteiger partial charge in [0.25, 0.3) is 5.91 Å². The topological polar surface area (TPSA) is 97.1 Å². The second-order valence-electron chi connectivity index (χ2n) is 7.38. The van der Waals surface area contributed by atoms with Gasteiger partial charge in [0, 0.05) is 31.4 Å². The molecule has 1 aromatic rings. The Bertz CT molecular complexity index is 733. The van der Waals surface area contributed by atoms with Crippen molar-refractivity contribution in [3.63, 3.8) is 0 Å². The van der Waals surface area contributed by atoms with Gasteiger partial charge in [0.15, 0.2) is 5.75 Å². The third-order valence-corrected chi connectivity index (χ3v) is 4.69. The third kappa shape index (κ3) is 6.35. The number of hydrogen-bond acceptors (Lipinski definition) is 6. The van der Waals surface area contributed by atoms with Gasteiger partial charge in [0.1, 0.15) is 12.6 Å². The van der Waals surface area contributed by atoms with Crippen LogP contribution in [0.5, 0.6) is 5.75 Å². The maximum Gasteiger partial charge on any atom is 0.387 e. The lowest BCUT2D eigenvalue weighted by Crippen LogP contribution is -2.49. The number of halogens is 2. The van der Waals surface area contributed by atoms with Crippen molar-refractivity contribution >= 4 is 23.2 Å². The molecule has 168 valence electrons. The van der Waals surface area contributed by atoms with E-state index in [9.17, 15) is 18.4 Å². The summed E-state index contributed by atoms with van der Waals surface area (Å²) in [5.41, 5.74) is 6.31. The van der Waals surface area contributed by atoms with Crippen LogP contribution >= 0.6 is 0 Å². The zero-order valence-electron chi connectivity index (χ0n) is 17.6. The molecule has 3 N–H and O–H groups in total. The van der Waals surface area contributed by atoms with Crippen molar-refractivity contribution in [2.24, 2.45) is 11.7 Å². The van der Waals surface area contributed by atoms with Crippen molar-refractivity contribution in [1.29, 1.82) is 0 Å². The number of hydrogen-bond donors (Lipinski definition) is 2. The lowest BCUT2D eigenvalue weighted by Gasteiger charge is -2.30. The number of nitrogens with zero attached hydrogens (tertiary/aromatic N) is 2. The van der Waals surface area contributed by atoms with Crippen LogP contribution in [0.3, 0.4) is 0 Å². The third-order valence-electron chi connectivity index (χ3n) is 4.69. The summed E-state index contributed by atoms with van der Waals surface area (Å²) in [5.74, 6) is -0.536. The number of likely N-dealkylation sites (N-methyl/N-ethyl adjacent to an activating group) is 1. The van der Waals surface area contributed by atoms with Gasteiger partial charge in [-0.05, 0) is 24.6 Å². The van der Waals surface area contributed by atoms with E-state index in [4.69, 9.17) is 10.5 Å². The average Bonchev–Trinajstić information content (AvgIpc) is 2.68. The summed E-state index contributed by atoms with van der Waals surface area (Å²) >= 11 is 0. The summed E-state index contributed by atoms with van der Waals surface area (Å²) in [5, 5.41) is 2.72. The SMILES string of the molecule is CCN(CC(C)C)[C@@H](CN)C(=O)Nc1ccc(N2CCOCC2=O)c(OC(F)F)c1. The molecule has 1 heterocycles. The molecule has 2 rings (SSSR count). The normalized spacial score (nSPS) is 15.8. The largest absolute Gasteiger partial charge is 0.433 e. The fourth-order valence-corrected chi connectivity index (χ4v) is 3.37. The zero-order valence-corrected chi connectivity index (χ0v) is 17.6. The van der Waals surface area contributed by atoms with Crippen molar-refractivity contribution in [1.82, 2.24) is 4.90 Å². The number of carbonyl (C=O) groups excluding carboxylic acids is 2. The predicted molar refractivity (Wildman–Crippen MR) is 110 cm³/mol. The van der Waals surface area contributed by atoms with Gasteiger partial charge in [0.05, 0.1) is 12.3 Å². The Balaban J connectivity index is 2.24. The van der Waals surface area contributed by atoms with E-state index in [1.165, 1.54) is 17.0 Å². The molecule has 0 saturated carbocycles. The number of ether oxygens (including phenoxy) is 2. The highest BCUT2D eigenvalue weighted by Crippen LogP contribution is 2.33. The van der Waals surface area contributed by atoms with E-state index in [2.05, 4.69) is 10.1 Å². The summed E-state index contributed by atoms with van der Waals surface area (Å²) in [6.07, 6.45) is 0. The van der Waals surface area contributed by atoms with Crippen LogP contribution in [0.1, 0.15) is 20.8 Å². The van der Waals surface area contributed by atoms with E-state index >= 15 is 0 Å². The van der Waals surface area contributed by atoms with Crippen LogP contribution in [0, 0.1) is 5.92 Å². The van der Waals surface area contributed by atoms with Crippen LogP contribution in [0.4, 0.5) is 20.2 Å². The molecule has 0 aromatic heterocycles. The minimum absolute atomic E-state index is 0.118. The van der Waals surface area contributed by atoms with Crippen LogP contribution in [0.2, 0.25) is 0 Å². The molecule has 8 nitrogen and oxygen atoms in total. The van der Waals surface area contributed by atoms with Crippen molar-refractivity contribution in [2.75, 3.05) is 49.6 Å². The molecule has 0 aliphatic carbocycles. The first-order valence-electron chi connectivity index (χ1n) is 9.98. The van der Waals surface area contributed by atoms with Crippen LogP contribution in [-0.2, 0) is 14.3 Å². The van der Waals surface area contributed by atoms with Gasteiger partial charge in [-0.3, -0.25) is 14.5 Å². The highest BCUT2D eigenvalue weighted by Gasteiger charge is 2.27. The number of morpholine rings is 1. The van der Waals surface area contributed by atoms with E-state index in [1.807, 2.05) is 25.7 Å². The Morgan fingerprint density at radius 1 is 1.40 bits per heavy atom. The molecule has 2 amide bonds. The molecule has 1 aliphatic heterocycles. The Morgan fingerprint density at radius 3 is 2.70 bits per heavy atom. The van der Waals surface area contributed by atoms with E-state index < -0.39 is 12.7 Å². The molecular weight excluding hydrogens is 398 g/mol. The zero-order chi connectivity index (χ0) is 22.3. The highest BCUT2D eigenvalue weighted by atomic mass is 19.3. The number of benzene rings is 1. The van der Waals surface area contributed by atoms with E-state index in [1.54, 1.807) is 6.07 Å². The van der Waals surface area contributed by atoms with Crippen LogP contribution in [0.15, 0.2) is 18.2 Å². The molecule has 1 atom stereocenters. The molecule has 10 heteroatoms. The first-order valence-corrected chi connectivity index (χ1v) is 9.98. The Labute approximate surface area is 175 Å². The molecule has 0 spiro atoms. The lowest BCUT2D eigenvalue weighted by atomic mass is 10.1. The maximum absolute atomic E-state index is 13.0. The lowest BCUT2D eigenvalue weighted by molar-refractivity contribution is -0.126. The fourth-order valence-electron chi connectivity index (χ4n) is 3.37. The van der Waals surface area contributed by atoms with Crippen molar-refractivity contribution in [3.8, 4) is 5.75 Å². The second-order valence-corrected chi connectivity index (χ2v) is 7.38. The molecule has 0 radical (unpaired) electrons. The van der Waals surface area contributed by atoms with Gasteiger partial charge in [-0.25, -0.2) is 0 Å². The minimum atomic E-state index is -3.08. The number of rotatable bonds is 10. The Morgan fingerprint density at radius 2 is 2.13 bits per heavy atom. The van der Waals surface area contributed by atoms with E-state index in [0.717, 1.165) is 0 Å². The number of carbonyl (C=O) groups is 2. The summed E-state index contributed by atoms with van der Waals surface area (Å²) in [4.78, 5) is 28.2. The number of alkyl halides is 2. The fraction of sp³-hybridized carbons (Fsp3) is 0.600. The molecule has 0 bridgehead atoms. The van der Waals surface area contributed by atoms with E-state index in [0.29, 0.717) is 25.6 Å². The molecule has 1 saturated heterocycles. The van der Waals surface area contributed by atoms with Gasteiger partial charge in [-0.1, -0.05) is 20.8 Å². The van der Waals surface area contributed by atoms with Crippen LogP contribution < -0.4 is 20.7 Å². The highest BCUT2D eigenvalue weighted by molar-refractivity contribution is 5.98. The van der Waals surface area contributed by atoms with Crippen molar-refractivity contribution < 1.29 is 27.8 Å². The number of anilines is 2. The predicted octanol–water partition coefficient (Wildman–Crippen LogP) is 1.89. The average molecular weight is 428 g/mol. The Kier molecular flexibility index (Phi) is 8.94. The second kappa shape index (κ2) is 11.2. The van der Waals surface area contributed by atoms with Gasteiger partial charge in [-0.2, -0.15) is 8.78 Å². The number of amides is 2. The van der Waals surface area contributed by atoms with E-state index in [-0.39, 0.29) is 48.6 Å². The minimum Gasteiger partial charge on any atom is -0.433 e. The molecule has 1 aliphatic rings. The summed E-state index contributed by atoms with van der Waals surface area (Å²) in [6, 6.07) is 3.74. The summed E-state index contributed by atoms with van der Waals surface area (Å²) in [7, 11) is 0. The number of nitrogens with two attached hydrogens (primary N) is 1. The van der Waals surface area contributed by atoms with Gasteiger partial charge in [-0.15, -0.1) is 0 Å². The first-order chi connectivity index (χ1) is 14.3. The molecule has 30 heavy (non-hydrogen) atoms. The van der Waals surface area contributed by atoms with Crippen molar-refractivity contribution in [2.45, 2.75) is 33.4 Å². The monoisotopic (exact) mass is 428 g/mol. The van der Waals surface area contributed by atoms with Crippen molar-refractivity contribution in [3.05, 3.63) is 18.2 Å². The molecule has 1 fully saturated rings. The van der Waals surface area contributed by atoms with Gasteiger partial charge >= 0.3 is 6.61 Å². The maximum atomic E-state index is 13.0. The van der Waals surface area contributed by atoms with Gasteiger partial charge < -0.3 is 25.4 Å². The number of nitrogens with one attached hydrogen (secondary N) is 1. The first kappa shape index (κ1) is 24.0. The van der Waals surface area contributed by atoms with Crippen LogP contribution in [-0.4, -0.2) is 68.8 Å². The molecule has 0 unspecified atom stereocenters. The Hall–Kier alpha value is -2.30. The molecular formula is C20H30F2N4O4. The van der Waals surface area contributed by atoms with Gasteiger partial charge in [0.2, 0.25) is 5.91 Å². The smallest absolute Gasteiger partial charge is 0.387 e.